The van der Waals surface area contributed by atoms with Gasteiger partial charge in [-0.05, 0) is 12.8 Å². The van der Waals surface area contributed by atoms with Gasteiger partial charge in [0.05, 0.1) is 21.7 Å². The molecule has 14 heavy (non-hydrogen) atoms. The van der Waals surface area contributed by atoms with E-state index in [-0.39, 0.29) is 5.02 Å². The van der Waals surface area contributed by atoms with E-state index in [0.717, 1.165) is 18.4 Å². The summed E-state index contributed by atoms with van der Waals surface area (Å²) in [4.78, 5) is 0. The van der Waals surface area contributed by atoms with Crippen molar-refractivity contribution in [2.24, 2.45) is 0 Å². The number of rotatable bonds is 0. The van der Waals surface area contributed by atoms with Crippen molar-refractivity contribution in [3.8, 4) is 5.75 Å². The molecule has 1 heterocycles. The predicted molar refractivity (Wildman–Crippen MR) is 60.3 cm³/mol. The quantitative estimate of drug-likeness (QED) is 0.494. The molecule has 0 unspecified atom stereocenters. The van der Waals surface area contributed by atoms with Gasteiger partial charge in [-0.3, -0.25) is 0 Å². The third-order valence-electron chi connectivity index (χ3n) is 2.13. The van der Waals surface area contributed by atoms with Crippen LogP contribution in [0.5, 0.6) is 5.75 Å². The zero-order valence-corrected chi connectivity index (χ0v) is 10.1. The molecule has 0 N–H and O–H groups in total. The van der Waals surface area contributed by atoms with Gasteiger partial charge in [0, 0.05) is 5.56 Å². The van der Waals surface area contributed by atoms with Crippen LogP contribution in [-0.2, 0) is 6.42 Å². The van der Waals surface area contributed by atoms with Crippen LogP contribution >= 0.6 is 46.4 Å². The maximum Gasteiger partial charge on any atom is 0.144 e. The Morgan fingerprint density at radius 2 is 1.50 bits per heavy atom. The number of hydrogen-bond donors (Lipinski definition) is 0. The standard InChI is InChI=1S/C9H6Cl4O/c10-5-4-2-1-3-14-9(4)8(13)7(12)6(5)11/h1-3H2. The molecule has 0 bridgehead atoms. The van der Waals surface area contributed by atoms with Crippen LogP contribution < -0.4 is 4.74 Å². The molecule has 1 aliphatic rings. The highest BCUT2D eigenvalue weighted by Gasteiger charge is 2.23. The molecule has 0 aromatic heterocycles. The van der Waals surface area contributed by atoms with Crippen LogP contribution in [0, 0.1) is 0 Å². The fourth-order valence-electron chi connectivity index (χ4n) is 1.45. The molecule has 1 nitrogen and oxygen atoms in total. The fourth-order valence-corrected chi connectivity index (χ4v) is 2.48. The van der Waals surface area contributed by atoms with E-state index >= 15 is 0 Å². The summed E-state index contributed by atoms with van der Waals surface area (Å²) in [5.74, 6) is 0.581. The molecule has 5 heteroatoms. The molecule has 0 saturated carbocycles. The van der Waals surface area contributed by atoms with Crippen molar-refractivity contribution < 1.29 is 4.74 Å². The van der Waals surface area contributed by atoms with Gasteiger partial charge in [0.25, 0.3) is 0 Å². The molecular formula is C9H6Cl4O. The van der Waals surface area contributed by atoms with Gasteiger partial charge in [0.1, 0.15) is 10.8 Å². The van der Waals surface area contributed by atoms with Gasteiger partial charge < -0.3 is 4.74 Å². The minimum absolute atomic E-state index is 0.263. The number of fused-ring (bicyclic) bond motifs is 1. The van der Waals surface area contributed by atoms with Crippen molar-refractivity contribution in [3.63, 3.8) is 0 Å². The molecule has 0 atom stereocenters. The predicted octanol–water partition coefficient (Wildman–Crippen LogP) is 4.63. The first-order valence-corrected chi connectivity index (χ1v) is 5.61. The number of benzene rings is 1. The Labute approximate surface area is 102 Å². The van der Waals surface area contributed by atoms with Crippen LogP contribution in [0.4, 0.5) is 0 Å². The summed E-state index contributed by atoms with van der Waals surface area (Å²) in [7, 11) is 0. The monoisotopic (exact) mass is 270 g/mol. The van der Waals surface area contributed by atoms with Gasteiger partial charge in [-0.15, -0.1) is 0 Å². The maximum atomic E-state index is 6.03. The number of hydrogen-bond acceptors (Lipinski definition) is 1. The van der Waals surface area contributed by atoms with Crippen LogP contribution in [0.2, 0.25) is 20.1 Å². The fraction of sp³-hybridized carbons (Fsp3) is 0.333. The number of halogens is 4. The molecular weight excluding hydrogens is 266 g/mol. The minimum atomic E-state index is 0.263. The van der Waals surface area contributed by atoms with E-state index in [0.29, 0.717) is 27.4 Å². The lowest BCUT2D eigenvalue weighted by Gasteiger charge is -2.21. The Balaban J connectivity index is 2.71. The summed E-state index contributed by atoms with van der Waals surface area (Å²) in [6.07, 6.45) is 1.74. The summed E-state index contributed by atoms with van der Waals surface area (Å²) >= 11 is 23.8. The largest absolute Gasteiger partial charge is 0.492 e. The van der Waals surface area contributed by atoms with Gasteiger partial charge in [-0.25, -0.2) is 0 Å². The summed E-state index contributed by atoms with van der Waals surface area (Å²) in [6.45, 7) is 0.640. The average Bonchev–Trinajstić information content (AvgIpc) is 2.23. The van der Waals surface area contributed by atoms with E-state index < -0.39 is 0 Å². The summed E-state index contributed by atoms with van der Waals surface area (Å²) in [5.41, 5.74) is 0.859. The Morgan fingerprint density at radius 3 is 2.21 bits per heavy atom. The second-order valence-electron chi connectivity index (χ2n) is 3.02. The highest BCUT2D eigenvalue weighted by atomic mass is 35.5. The molecule has 0 spiro atoms. The Hall–Kier alpha value is 0.180. The van der Waals surface area contributed by atoms with Crippen molar-refractivity contribution in [2.75, 3.05) is 6.61 Å². The minimum Gasteiger partial charge on any atom is -0.492 e. The Bertz CT molecular complexity index is 352. The molecule has 0 fully saturated rings. The van der Waals surface area contributed by atoms with Gasteiger partial charge in [0.15, 0.2) is 0 Å². The zero-order chi connectivity index (χ0) is 10.3. The maximum absolute atomic E-state index is 6.03. The first-order valence-electron chi connectivity index (χ1n) is 4.10. The Morgan fingerprint density at radius 1 is 0.857 bits per heavy atom. The van der Waals surface area contributed by atoms with E-state index in [1.165, 1.54) is 0 Å². The lowest BCUT2D eigenvalue weighted by atomic mass is 10.1. The Kier molecular flexibility index (Phi) is 3.03. The molecule has 0 aliphatic carbocycles. The van der Waals surface area contributed by atoms with Crippen molar-refractivity contribution >= 4 is 46.4 Å². The highest BCUT2D eigenvalue weighted by molar-refractivity contribution is 6.52. The van der Waals surface area contributed by atoms with E-state index in [2.05, 4.69) is 0 Å². The molecule has 1 aliphatic heterocycles. The first kappa shape index (κ1) is 10.7. The molecule has 76 valence electrons. The molecule has 0 radical (unpaired) electrons. The van der Waals surface area contributed by atoms with Crippen molar-refractivity contribution in [1.29, 1.82) is 0 Å². The molecule has 0 saturated heterocycles. The van der Waals surface area contributed by atoms with E-state index in [9.17, 15) is 0 Å². The number of ether oxygens (including phenoxy) is 1. The van der Waals surface area contributed by atoms with Crippen LogP contribution in [0.3, 0.4) is 0 Å². The summed E-state index contributed by atoms with van der Waals surface area (Å²) in [6, 6.07) is 0. The van der Waals surface area contributed by atoms with E-state index in [4.69, 9.17) is 51.1 Å². The van der Waals surface area contributed by atoms with Crippen LogP contribution in [-0.4, -0.2) is 6.61 Å². The van der Waals surface area contributed by atoms with Crippen molar-refractivity contribution in [2.45, 2.75) is 12.8 Å². The molecule has 1 aromatic rings. The van der Waals surface area contributed by atoms with Crippen molar-refractivity contribution in [3.05, 3.63) is 25.7 Å². The second kappa shape index (κ2) is 3.97. The highest BCUT2D eigenvalue weighted by Crippen LogP contribution is 2.47. The van der Waals surface area contributed by atoms with Crippen molar-refractivity contribution in [1.82, 2.24) is 0 Å². The molecule has 2 rings (SSSR count). The van der Waals surface area contributed by atoms with E-state index in [1.807, 2.05) is 0 Å². The van der Waals surface area contributed by atoms with Crippen LogP contribution in [0.1, 0.15) is 12.0 Å². The normalized spacial score (nSPS) is 14.9. The molecule has 1 aromatic carbocycles. The van der Waals surface area contributed by atoms with Gasteiger partial charge >= 0.3 is 0 Å². The molecule has 0 amide bonds. The third kappa shape index (κ3) is 1.57. The SMILES string of the molecule is Clc1c(Cl)c(Cl)c2c(c1Cl)CCCO2. The lowest BCUT2D eigenvalue weighted by Crippen LogP contribution is -2.09. The zero-order valence-electron chi connectivity index (χ0n) is 7.04. The summed E-state index contributed by atoms with van der Waals surface area (Å²) in [5, 5.41) is 1.38. The van der Waals surface area contributed by atoms with Gasteiger partial charge in [-0.1, -0.05) is 46.4 Å². The van der Waals surface area contributed by atoms with Crippen LogP contribution in [0.25, 0.3) is 0 Å². The third-order valence-corrected chi connectivity index (χ3v) is 3.96. The van der Waals surface area contributed by atoms with Gasteiger partial charge in [0.2, 0.25) is 0 Å². The first-order chi connectivity index (χ1) is 6.63. The summed E-state index contributed by atoms with van der Waals surface area (Å²) < 4.78 is 5.41. The second-order valence-corrected chi connectivity index (χ2v) is 4.53. The van der Waals surface area contributed by atoms with Gasteiger partial charge in [-0.2, -0.15) is 0 Å². The smallest absolute Gasteiger partial charge is 0.144 e. The van der Waals surface area contributed by atoms with E-state index in [1.54, 1.807) is 0 Å². The average molecular weight is 272 g/mol. The lowest BCUT2D eigenvalue weighted by molar-refractivity contribution is 0.288. The van der Waals surface area contributed by atoms with Crippen LogP contribution in [0.15, 0.2) is 0 Å². The topological polar surface area (TPSA) is 9.23 Å².